The number of rotatable bonds is 5. The van der Waals surface area contributed by atoms with Crippen molar-refractivity contribution in [2.75, 3.05) is 11.6 Å². The van der Waals surface area contributed by atoms with Crippen LogP contribution in [0.25, 0.3) is 0 Å². The summed E-state index contributed by atoms with van der Waals surface area (Å²) < 4.78 is 14.6. The molecule has 0 saturated carbocycles. The third-order valence-corrected chi connectivity index (χ3v) is 4.62. The van der Waals surface area contributed by atoms with Crippen molar-refractivity contribution in [3.63, 3.8) is 0 Å². The molecular weight excluding hydrogens is 361 g/mol. The second kappa shape index (κ2) is 7.72. The van der Waals surface area contributed by atoms with Crippen LogP contribution in [0.3, 0.4) is 0 Å². The number of aromatic nitrogens is 2. The number of carbonyl (C=O) groups excluding carboxylic acids is 1. The van der Waals surface area contributed by atoms with Gasteiger partial charge in [-0.1, -0.05) is 23.7 Å². The molecule has 0 atom stereocenters. The minimum atomic E-state index is -0.290. The fraction of sp³-hybridized carbons (Fsp3) is 0.111. The molecule has 4 nitrogen and oxygen atoms in total. The number of carbonyl (C=O) groups is 1. The van der Waals surface area contributed by atoms with Gasteiger partial charge in [0.15, 0.2) is 0 Å². The summed E-state index contributed by atoms with van der Waals surface area (Å²) in [5.41, 5.74) is 1.90. The van der Waals surface area contributed by atoms with E-state index in [1.165, 1.54) is 23.9 Å². The van der Waals surface area contributed by atoms with Crippen LogP contribution in [0.5, 0.6) is 0 Å². The van der Waals surface area contributed by atoms with Gasteiger partial charge in [0.2, 0.25) is 0 Å². The van der Waals surface area contributed by atoms with E-state index in [1.807, 2.05) is 12.3 Å². The third-order valence-electron chi connectivity index (χ3n) is 3.57. The molecule has 0 radical (unpaired) electrons. The summed E-state index contributed by atoms with van der Waals surface area (Å²) >= 11 is 7.66. The van der Waals surface area contributed by atoms with Crippen LogP contribution in [-0.2, 0) is 6.54 Å². The Morgan fingerprint density at radius 3 is 2.76 bits per heavy atom. The zero-order valence-corrected chi connectivity index (χ0v) is 14.9. The van der Waals surface area contributed by atoms with Crippen LogP contribution in [0, 0.1) is 5.82 Å². The summed E-state index contributed by atoms with van der Waals surface area (Å²) in [6.07, 6.45) is 5.21. The molecule has 0 fully saturated rings. The van der Waals surface area contributed by atoms with Crippen LogP contribution in [0.2, 0.25) is 5.02 Å². The number of halogens is 2. The van der Waals surface area contributed by atoms with Crippen LogP contribution < -0.4 is 5.32 Å². The Balaban J connectivity index is 1.70. The highest BCUT2D eigenvalue weighted by molar-refractivity contribution is 7.98. The summed E-state index contributed by atoms with van der Waals surface area (Å²) in [5, 5.41) is 7.39. The van der Waals surface area contributed by atoms with Crippen molar-refractivity contribution in [2.24, 2.45) is 0 Å². The van der Waals surface area contributed by atoms with Gasteiger partial charge in [0, 0.05) is 11.1 Å². The van der Waals surface area contributed by atoms with Crippen molar-refractivity contribution >= 4 is 35.0 Å². The zero-order chi connectivity index (χ0) is 17.8. The smallest absolute Gasteiger partial charge is 0.257 e. The number of benzene rings is 2. The standard InChI is InChI=1S/C18H15ClFN3OS/c1-25-15-6-7-17(19)16(8-15)18(24)22-14-9-21-23(11-14)10-12-2-4-13(20)5-3-12/h2-9,11H,10H2,1H3,(H,22,24). The number of amides is 1. The van der Waals surface area contributed by atoms with Crippen molar-refractivity contribution in [2.45, 2.75) is 11.4 Å². The van der Waals surface area contributed by atoms with Crippen LogP contribution in [-0.4, -0.2) is 21.9 Å². The van der Waals surface area contributed by atoms with Crippen molar-refractivity contribution in [3.05, 3.63) is 76.8 Å². The summed E-state index contributed by atoms with van der Waals surface area (Å²) in [5.74, 6) is -0.566. The molecule has 0 spiro atoms. The molecule has 0 aliphatic rings. The van der Waals surface area contributed by atoms with Crippen LogP contribution in [0.1, 0.15) is 15.9 Å². The summed E-state index contributed by atoms with van der Waals surface area (Å²) in [7, 11) is 0. The number of thioether (sulfide) groups is 1. The maximum absolute atomic E-state index is 12.9. The Hall–Kier alpha value is -2.31. The Bertz CT molecular complexity index is 896. The first-order valence-corrected chi connectivity index (χ1v) is 9.07. The maximum Gasteiger partial charge on any atom is 0.257 e. The highest BCUT2D eigenvalue weighted by Crippen LogP contribution is 2.24. The Kier molecular flexibility index (Phi) is 5.40. The molecule has 0 saturated heterocycles. The van der Waals surface area contributed by atoms with Crippen LogP contribution in [0.4, 0.5) is 10.1 Å². The monoisotopic (exact) mass is 375 g/mol. The van der Waals surface area contributed by atoms with Crippen molar-refractivity contribution in [3.8, 4) is 0 Å². The van der Waals surface area contributed by atoms with Crippen molar-refractivity contribution < 1.29 is 9.18 Å². The van der Waals surface area contributed by atoms with Crippen LogP contribution in [0.15, 0.2) is 59.8 Å². The number of hydrogen-bond acceptors (Lipinski definition) is 3. The van der Waals surface area contributed by atoms with Gasteiger partial charge in [-0.15, -0.1) is 11.8 Å². The molecule has 7 heteroatoms. The Labute approximate surface area is 154 Å². The van der Waals surface area contributed by atoms with Crippen molar-refractivity contribution in [1.29, 1.82) is 0 Å². The fourth-order valence-electron chi connectivity index (χ4n) is 2.30. The van der Waals surface area contributed by atoms with E-state index in [-0.39, 0.29) is 11.7 Å². The lowest BCUT2D eigenvalue weighted by molar-refractivity contribution is 0.102. The molecule has 128 valence electrons. The first-order chi connectivity index (χ1) is 12.0. The molecule has 1 N–H and O–H groups in total. The van der Waals surface area contributed by atoms with Crippen molar-refractivity contribution in [1.82, 2.24) is 9.78 Å². The fourth-order valence-corrected chi connectivity index (χ4v) is 2.94. The van der Waals surface area contributed by atoms with Gasteiger partial charge in [0.05, 0.1) is 29.0 Å². The second-order valence-electron chi connectivity index (χ2n) is 5.35. The largest absolute Gasteiger partial charge is 0.319 e. The summed E-state index contributed by atoms with van der Waals surface area (Å²) in [6.45, 7) is 0.485. The van der Waals surface area contributed by atoms with E-state index in [2.05, 4.69) is 10.4 Å². The quantitative estimate of drug-likeness (QED) is 0.657. The van der Waals surface area contributed by atoms with E-state index in [1.54, 1.807) is 41.3 Å². The van der Waals surface area contributed by atoms with E-state index in [4.69, 9.17) is 11.6 Å². The lowest BCUT2D eigenvalue weighted by Gasteiger charge is -2.06. The predicted molar refractivity (Wildman–Crippen MR) is 98.9 cm³/mol. The molecular formula is C18H15ClFN3OS. The molecule has 1 aromatic heterocycles. The number of nitrogens with one attached hydrogen (secondary N) is 1. The van der Waals surface area contributed by atoms with E-state index in [9.17, 15) is 9.18 Å². The van der Waals surface area contributed by atoms with Gasteiger partial charge in [0.25, 0.3) is 5.91 Å². The van der Waals surface area contributed by atoms with E-state index in [0.717, 1.165) is 10.5 Å². The minimum absolute atomic E-state index is 0.276. The average Bonchev–Trinajstić information content (AvgIpc) is 3.04. The van der Waals surface area contributed by atoms with Gasteiger partial charge in [0.1, 0.15) is 5.82 Å². The SMILES string of the molecule is CSc1ccc(Cl)c(C(=O)Nc2cnn(Cc3ccc(F)cc3)c2)c1. The van der Waals surface area contributed by atoms with Gasteiger partial charge >= 0.3 is 0 Å². The number of nitrogens with zero attached hydrogens (tertiary/aromatic N) is 2. The average molecular weight is 376 g/mol. The van der Waals surface area contributed by atoms with Crippen LogP contribution >= 0.6 is 23.4 Å². The van der Waals surface area contributed by atoms with E-state index >= 15 is 0 Å². The molecule has 3 rings (SSSR count). The predicted octanol–water partition coefficient (Wildman–Crippen LogP) is 4.70. The van der Waals surface area contributed by atoms with Gasteiger partial charge in [-0.25, -0.2) is 4.39 Å². The molecule has 0 aliphatic carbocycles. The zero-order valence-electron chi connectivity index (χ0n) is 13.4. The van der Waals surface area contributed by atoms with E-state index in [0.29, 0.717) is 22.8 Å². The van der Waals surface area contributed by atoms with Gasteiger partial charge in [-0.05, 0) is 42.2 Å². The first kappa shape index (κ1) is 17.5. The van der Waals surface area contributed by atoms with E-state index < -0.39 is 0 Å². The summed E-state index contributed by atoms with van der Waals surface area (Å²) in [6, 6.07) is 11.5. The molecule has 2 aromatic carbocycles. The van der Waals surface area contributed by atoms with Gasteiger partial charge in [-0.3, -0.25) is 9.48 Å². The lowest BCUT2D eigenvalue weighted by Crippen LogP contribution is -2.12. The highest BCUT2D eigenvalue weighted by atomic mass is 35.5. The molecule has 0 unspecified atom stereocenters. The molecule has 1 heterocycles. The molecule has 3 aromatic rings. The maximum atomic E-state index is 12.9. The minimum Gasteiger partial charge on any atom is -0.319 e. The highest BCUT2D eigenvalue weighted by Gasteiger charge is 2.12. The number of anilines is 1. The molecule has 1 amide bonds. The topological polar surface area (TPSA) is 46.9 Å². The normalized spacial score (nSPS) is 10.7. The third kappa shape index (κ3) is 4.41. The van der Waals surface area contributed by atoms with Gasteiger partial charge in [-0.2, -0.15) is 5.10 Å². The summed E-state index contributed by atoms with van der Waals surface area (Å²) in [4.78, 5) is 13.4. The second-order valence-corrected chi connectivity index (χ2v) is 6.64. The molecule has 0 aliphatic heterocycles. The first-order valence-electron chi connectivity index (χ1n) is 7.47. The lowest BCUT2D eigenvalue weighted by atomic mass is 10.2. The van der Waals surface area contributed by atoms with Gasteiger partial charge < -0.3 is 5.32 Å². The number of hydrogen-bond donors (Lipinski definition) is 1. The molecule has 0 bridgehead atoms. The Morgan fingerprint density at radius 2 is 2.04 bits per heavy atom. The Morgan fingerprint density at radius 1 is 1.28 bits per heavy atom. The molecule has 25 heavy (non-hydrogen) atoms.